The van der Waals surface area contributed by atoms with Crippen molar-refractivity contribution in [2.75, 3.05) is 42.7 Å². The molecule has 3 N–H and O–H groups in total. The number of aliphatic imine (C=N–C) groups is 2. The van der Waals surface area contributed by atoms with E-state index in [9.17, 15) is 27.9 Å². The van der Waals surface area contributed by atoms with Gasteiger partial charge in [0.2, 0.25) is 11.8 Å². The summed E-state index contributed by atoms with van der Waals surface area (Å²) < 4.78 is 44.7. The van der Waals surface area contributed by atoms with Crippen LogP contribution in [-0.4, -0.2) is 102 Å². The molecule has 5 aliphatic rings. The fourth-order valence-corrected chi connectivity index (χ4v) is 11.8. The predicted octanol–water partition coefficient (Wildman–Crippen LogP) is 5.35. The zero-order valence-corrected chi connectivity index (χ0v) is 34.2. The van der Waals surface area contributed by atoms with Crippen LogP contribution in [0, 0.1) is 11.7 Å². The maximum Gasteiger partial charge on any atom is 0.278 e. The van der Waals surface area contributed by atoms with Gasteiger partial charge in [0.15, 0.2) is 0 Å². The second kappa shape index (κ2) is 16.5. The molecule has 0 radical (unpaired) electrons. The number of benzene rings is 3. The number of carbonyl (C=O) groups excluding carboxylic acids is 3. The normalized spacial score (nSPS) is 24.2. The molecule has 0 aromatic heterocycles. The van der Waals surface area contributed by atoms with Gasteiger partial charge < -0.3 is 20.2 Å². The highest BCUT2D eigenvalue weighted by atomic mass is 32.2. The van der Waals surface area contributed by atoms with Gasteiger partial charge in [-0.1, -0.05) is 25.0 Å². The van der Waals surface area contributed by atoms with Crippen LogP contribution in [0.1, 0.15) is 79.4 Å². The van der Waals surface area contributed by atoms with E-state index >= 15 is 4.39 Å². The number of likely N-dealkylation sites (N-methyl/N-ethyl adjacent to an activating group) is 1. The third-order valence-electron chi connectivity index (χ3n) is 12.0. The number of hydrogen-bond donors (Lipinski definition) is 3. The molecule has 0 aliphatic carbocycles. The van der Waals surface area contributed by atoms with Gasteiger partial charge in [-0.25, -0.2) is 22.8 Å². The molecule has 2 saturated heterocycles. The first-order valence-corrected chi connectivity index (χ1v) is 22.4. The zero-order valence-electron chi connectivity index (χ0n) is 32.6. The van der Waals surface area contributed by atoms with Gasteiger partial charge in [0, 0.05) is 72.6 Å². The number of anilines is 2. The fraction of sp³-hybridized carbons (Fsp3) is 0.452. The summed E-state index contributed by atoms with van der Waals surface area (Å²) in [6.45, 7) is 3.00. The number of sulfonamides is 1. The Morgan fingerprint density at radius 1 is 1.02 bits per heavy atom. The number of thioether (sulfide) groups is 1. The SMILES string of the molecule is CC1C=NC(S(=O)(=O)N2CC[C@@H]3[C@@H](CO)N(C)c4ccc(-c5cc(NCCCCCCSc6cccc7c6CN(C6CCC(=O)NC6=O)C7=O)ccc5F)cc4[C@@H]32)=N1. The molecule has 2 fully saturated rings. The summed E-state index contributed by atoms with van der Waals surface area (Å²) in [7, 11) is -2.10. The molecule has 58 heavy (non-hydrogen) atoms. The lowest BCUT2D eigenvalue weighted by atomic mass is 9.81. The van der Waals surface area contributed by atoms with E-state index in [-0.39, 0.29) is 60.4 Å². The van der Waals surface area contributed by atoms with Crippen LogP contribution in [0.15, 0.2) is 69.5 Å². The number of nitrogens with zero attached hydrogens (tertiary/aromatic N) is 5. The molecule has 3 amide bonds. The largest absolute Gasteiger partial charge is 0.394 e. The number of carbonyl (C=O) groups is 3. The number of aliphatic hydroxyl groups excluding tert-OH is 1. The Morgan fingerprint density at radius 3 is 2.62 bits per heavy atom. The minimum absolute atomic E-state index is 0.128. The Labute approximate surface area is 342 Å². The van der Waals surface area contributed by atoms with Gasteiger partial charge in [0.1, 0.15) is 11.9 Å². The van der Waals surface area contributed by atoms with Gasteiger partial charge in [-0.3, -0.25) is 19.7 Å². The molecular weight excluding hydrogens is 782 g/mol. The number of fused-ring (bicyclic) bond motifs is 4. The first kappa shape index (κ1) is 40.2. The topological polar surface area (TPSA) is 164 Å². The van der Waals surface area contributed by atoms with Crippen LogP contribution >= 0.6 is 11.8 Å². The van der Waals surface area contributed by atoms with Gasteiger partial charge in [-0.2, -0.15) is 4.31 Å². The highest BCUT2D eigenvalue weighted by Gasteiger charge is 2.51. The molecule has 13 nitrogen and oxygen atoms in total. The number of hydrogen-bond acceptors (Lipinski definition) is 11. The molecule has 306 valence electrons. The van der Waals surface area contributed by atoms with Crippen LogP contribution < -0.4 is 15.5 Å². The average molecular weight is 830 g/mol. The quantitative estimate of drug-likeness (QED) is 0.117. The number of aliphatic hydroxyl groups is 1. The number of piperidine rings is 1. The second-order valence-electron chi connectivity index (χ2n) is 15.6. The van der Waals surface area contributed by atoms with E-state index < -0.39 is 28.0 Å². The van der Waals surface area contributed by atoms with Crippen molar-refractivity contribution < 1.29 is 32.3 Å². The van der Waals surface area contributed by atoms with Crippen molar-refractivity contribution >= 4 is 62.3 Å². The highest BCUT2D eigenvalue weighted by Crippen LogP contribution is 2.51. The predicted molar refractivity (Wildman–Crippen MR) is 223 cm³/mol. The van der Waals surface area contributed by atoms with E-state index in [0.29, 0.717) is 42.6 Å². The smallest absolute Gasteiger partial charge is 0.278 e. The number of rotatable bonds is 13. The van der Waals surface area contributed by atoms with E-state index in [2.05, 4.69) is 20.6 Å². The van der Waals surface area contributed by atoms with Gasteiger partial charge in [0.05, 0.1) is 24.7 Å². The monoisotopic (exact) mass is 829 g/mol. The van der Waals surface area contributed by atoms with E-state index in [4.69, 9.17) is 0 Å². The molecule has 3 aromatic rings. The summed E-state index contributed by atoms with van der Waals surface area (Å²) in [5, 5.41) is 16.0. The van der Waals surface area contributed by atoms with Crippen LogP contribution in [0.25, 0.3) is 11.1 Å². The summed E-state index contributed by atoms with van der Waals surface area (Å²) in [6.07, 6.45) is 6.59. The third kappa shape index (κ3) is 7.55. The first-order chi connectivity index (χ1) is 28.0. The third-order valence-corrected chi connectivity index (χ3v) is 14.9. The number of unbranched alkanes of at least 4 members (excludes halogenated alkanes) is 3. The van der Waals surface area contributed by atoms with E-state index in [1.807, 2.05) is 42.3 Å². The van der Waals surface area contributed by atoms with Crippen molar-refractivity contribution in [1.82, 2.24) is 14.5 Å². The summed E-state index contributed by atoms with van der Waals surface area (Å²) in [5.74, 6) is -0.534. The number of amidine groups is 1. The summed E-state index contributed by atoms with van der Waals surface area (Å²) in [4.78, 5) is 50.2. The molecule has 0 bridgehead atoms. The maximum absolute atomic E-state index is 15.5. The molecular formula is C42H48FN7O6S2. The van der Waals surface area contributed by atoms with Crippen molar-refractivity contribution in [2.24, 2.45) is 15.9 Å². The van der Waals surface area contributed by atoms with Crippen molar-refractivity contribution in [1.29, 1.82) is 0 Å². The number of nitrogens with one attached hydrogen (secondary N) is 2. The van der Waals surface area contributed by atoms with E-state index in [1.54, 1.807) is 41.8 Å². The lowest BCUT2D eigenvalue weighted by Gasteiger charge is -2.44. The van der Waals surface area contributed by atoms with Gasteiger partial charge >= 0.3 is 0 Å². The fourth-order valence-electron chi connectivity index (χ4n) is 9.04. The lowest BCUT2D eigenvalue weighted by Crippen LogP contribution is -2.52. The number of imide groups is 1. The Bertz CT molecular complexity index is 2300. The average Bonchev–Trinajstić information content (AvgIpc) is 3.95. The molecule has 5 atom stereocenters. The van der Waals surface area contributed by atoms with E-state index in [0.717, 1.165) is 58.8 Å². The van der Waals surface area contributed by atoms with Gasteiger partial charge in [0.25, 0.3) is 21.1 Å². The van der Waals surface area contributed by atoms with Crippen LogP contribution in [0.4, 0.5) is 15.8 Å². The van der Waals surface area contributed by atoms with E-state index in [1.165, 1.54) is 16.6 Å². The van der Waals surface area contributed by atoms with Crippen molar-refractivity contribution in [3.05, 3.63) is 77.1 Å². The second-order valence-corrected chi connectivity index (χ2v) is 18.6. The molecule has 8 rings (SSSR count). The van der Waals surface area contributed by atoms with Crippen LogP contribution in [-0.2, 0) is 26.2 Å². The Balaban J connectivity index is 0.866. The molecule has 0 spiro atoms. The van der Waals surface area contributed by atoms with Crippen molar-refractivity contribution in [3.8, 4) is 11.1 Å². The molecule has 3 aromatic carbocycles. The minimum Gasteiger partial charge on any atom is -0.394 e. The summed E-state index contributed by atoms with van der Waals surface area (Å²) >= 11 is 1.72. The zero-order chi connectivity index (χ0) is 40.7. The molecule has 5 heterocycles. The minimum atomic E-state index is -4.00. The molecule has 0 saturated carbocycles. The standard InChI is InChI=1S/C42H48FN7O6S2/c1-25-22-45-42(46-25)58(55,56)50-18-16-29-36(24-51)48(2)34-13-10-26(20-31(34)39(29)50)30-21-27(11-12-33(30)43)44-17-5-3-4-6-19-57-37-9-7-8-28-32(37)23-49(41(28)54)35-14-15-38(52)47-40(35)53/h7-13,20-22,25,29,35-36,39,44,51H,3-6,14-19,23-24H2,1-2H3,(H,47,52,53)/t25?,29-,35?,36-,39-/m1/s1. The van der Waals surface area contributed by atoms with Gasteiger partial charge in [-0.15, -0.1) is 11.8 Å². The maximum atomic E-state index is 15.5. The number of halogens is 1. The Hall–Kier alpha value is -4.64. The lowest BCUT2D eigenvalue weighted by molar-refractivity contribution is -0.136. The summed E-state index contributed by atoms with van der Waals surface area (Å²) in [5.41, 5.74) is 4.97. The molecule has 16 heteroatoms. The Morgan fingerprint density at radius 2 is 1.84 bits per heavy atom. The van der Waals surface area contributed by atoms with Gasteiger partial charge in [-0.05, 0) is 97.5 Å². The Kier molecular flexibility index (Phi) is 11.5. The van der Waals surface area contributed by atoms with Crippen molar-refractivity contribution in [2.45, 2.75) is 87.5 Å². The van der Waals surface area contributed by atoms with Crippen LogP contribution in [0.5, 0.6) is 0 Å². The van der Waals surface area contributed by atoms with Crippen LogP contribution in [0.3, 0.4) is 0 Å². The number of amides is 3. The first-order valence-electron chi connectivity index (χ1n) is 20.0. The molecule has 5 aliphatic heterocycles. The highest BCUT2D eigenvalue weighted by molar-refractivity contribution is 8.04. The van der Waals surface area contributed by atoms with Crippen molar-refractivity contribution in [3.63, 3.8) is 0 Å². The summed E-state index contributed by atoms with van der Waals surface area (Å²) in [6, 6.07) is 14.5. The molecule has 2 unspecified atom stereocenters. The van der Waals surface area contributed by atoms with Crippen LogP contribution in [0.2, 0.25) is 0 Å².